The van der Waals surface area contributed by atoms with Crippen LogP contribution in [0.3, 0.4) is 0 Å². The van der Waals surface area contributed by atoms with E-state index in [-0.39, 0.29) is 23.7 Å². The van der Waals surface area contributed by atoms with E-state index in [9.17, 15) is 9.59 Å². The maximum absolute atomic E-state index is 12.9. The zero-order chi connectivity index (χ0) is 18.1. The minimum atomic E-state index is -1.11. The molecule has 0 fully saturated rings. The van der Waals surface area contributed by atoms with Crippen LogP contribution >= 0.6 is 0 Å². The molecule has 0 aliphatic carbocycles. The second kappa shape index (κ2) is 6.55. The molecule has 2 heterocycles. The number of hydrogen-bond acceptors (Lipinski definition) is 4. The molecular formula is C19H20N2O4. The van der Waals surface area contributed by atoms with Gasteiger partial charge in [-0.1, -0.05) is 6.07 Å². The molecule has 2 unspecified atom stereocenters. The average molecular weight is 340 g/mol. The van der Waals surface area contributed by atoms with Gasteiger partial charge in [-0.05, 0) is 55.7 Å². The van der Waals surface area contributed by atoms with Gasteiger partial charge in [0.25, 0.3) is 5.91 Å². The van der Waals surface area contributed by atoms with E-state index in [1.54, 1.807) is 7.11 Å². The molecule has 1 aromatic carbocycles. The number of nitrogens with zero attached hydrogens (tertiary/aromatic N) is 2. The molecule has 0 spiro atoms. The summed E-state index contributed by atoms with van der Waals surface area (Å²) in [5, 5.41) is 8.93. The number of pyridine rings is 1. The molecule has 0 radical (unpaired) electrons. The number of aromatic nitrogens is 1. The average Bonchev–Trinajstić information content (AvgIpc) is 2.61. The Hall–Kier alpha value is -2.89. The zero-order valence-electron chi connectivity index (χ0n) is 14.4. The fourth-order valence-corrected chi connectivity index (χ4v) is 3.41. The van der Waals surface area contributed by atoms with Gasteiger partial charge in [0, 0.05) is 12.2 Å². The summed E-state index contributed by atoms with van der Waals surface area (Å²) >= 11 is 0. The minimum absolute atomic E-state index is 0.0151. The third-order valence-electron chi connectivity index (χ3n) is 4.67. The van der Waals surface area contributed by atoms with Crippen LogP contribution in [0.1, 0.15) is 51.9 Å². The molecule has 1 N–H and O–H groups in total. The van der Waals surface area contributed by atoms with Gasteiger partial charge < -0.3 is 14.7 Å². The van der Waals surface area contributed by atoms with Gasteiger partial charge in [-0.25, -0.2) is 9.78 Å². The van der Waals surface area contributed by atoms with Crippen molar-refractivity contribution in [3.63, 3.8) is 0 Å². The van der Waals surface area contributed by atoms with E-state index in [2.05, 4.69) is 4.98 Å². The quantitative estimate of drug-likeness (QED) is 0.929. The Kier molecular flexibility index (Phi) is 4.44. The monoisotopic (exact) mass is 340 g/mol. The highest BCUT2D eigenvalue weighted by atomic mass is 16.5. The molecule has 130 valence electrons. The van der Waals surface area contributed by atoms with Crippen LogP contribution in [0.25, 0.3) is 0 Å². The first kappa shape index (κ1) is 17.0. The van der Waals surface area contributed by atoms with E-state index >= 15 is 0 Å². The number of fused-ring (bicyclic) bond motifs is 1. The van der Waals surface area contributed by atoms with E-state index in [1.807, 2.05) is 36.9 Å². The third-order valence-corrected chi connectivity index (χ3v) is 4.67. The second-order valence-corrected chi connectivity index (χ2v) is 6.24. The number of hydrogen-bond donors (Lipinski definition) is 1. The number of rotatable bonds is 3. The molecule has 1 aliphatic heterocycles. The number of amides is 1. The number of carbonyl (C=O) groups is 2. The third kappa shape index (κ3) is 3.07. The van der Waals surface area contributed by atoms with Crippen molar-refractivity contribution in [2.45, 2.75) is 32.4 Å². The highest BCUT2D eigenvalue weighted by Gasteiger charge is 2.33. The lowest BCUT2D eigenvalue weighted by Gasteiger charge is -2.40. The van der Waals surface area contributed by atoms with Gasteiger partial charge in [0.1, 0.15) is 11.4 Å². The number of carboxylic acids is 1. The Morgan fingerprint density at radius 2 is 2.00 bits per heavy atom. The van der Waals surface area contributed by atoms with Gasteiger partial charge in [-0.3, -0.25) is 4.79 Å². The Balaban J connectivity index is 1.91. The number of ether oxygens (including phenoxy) is 1. The Morgan fingerprint density at radius 1 is 1.24 bits per heavy atom. The van der Waals surface area contributed by atoms with Crippen LogP contribution in [-0.4, -0.2) is 40.0 Å². The van der Waals surface area contributed by atoms with Crippen molar-refractivity contribution < 1.29 is 19.4 Å². The molecule has 0 saturated heterocycles. The van der Waals surface area contributed by atoms with E-state index in [0.717, 1.165) is 17.7 Å². The number of carboxylic acid groups (broad SMARTS) is 1. The molecule has 3 rings (SSSR count). The molecule has 6 heteroatoms. The van der Waals surface area contributed by atoms with Crippen LogP contribution in [0.2, 0.25) is 0 Å². The summed E-state index contributed by atoms with van der Waals surface area (Å²) in [5.41, 5.74) is 2.60. The van der Waals surface area contributed by atoms with E-state index in [0.29, 0.717) is 5.56 Å². The summed E-state index contributed by atoms with van der Waals surface area (Å²) in [4.78, 5) is 29.5. The summed E-state index contributed by atoms with van der Waals surface area (Å²) in [5.74, 6) is -0.445. The molecule has 2 atom stereocenters. The lowest BCUT2D eigenvalue weighted by atomic mass is 9.88. The highest BCUT2D eigenvalue weighted by molar-refractivity contribution is 5.95. The smallest absolute Gasteiger partial charge is 0.354 e. The van der Waals surface area contributed by atoms with Gasteiger partial charge in [-0.15, -0.1) is 0 Å². The van der Waals surface area contributed by atoms with Crippen LogP contribution in [0, 0.1) is 0 Å². The van der Waals surface area contributed by atoms with Gasteiger partial charge in [0.2, 0.25) is 0 Å². The maximum Gasteiger partial charge on any atom is 0.354 e. The summed E-state index contributed by atoms with van der Waals surface area (Å²) in [6.07, 6.45) is 2.07. The Morgan fingerprint density at radius 3 is 2.60 bits per heavy atom. The van der Waals surface area contributed by atoms with Crippen molar-refractivity contribution in [3.05, 3.63) is 58.9 Å². The van der Waals surface area contributed by atoms with E-state index in [4.69, 9.17) is 9.84 Å². The first-order valence-electron chi connectivity index (χ1n) is 8.11. The molecule has 2 aromatic rings. The van der Waals surface area contributed by atoms with E-state index in [1.165, 1.54) is 23.9 Å². The standard InChI is InChI=1S/C19H20N2O4/c1-11-8-14-9-15(25-3)5-6-16(14)12(2)21(11)18(22)13-4-7-17(19(23)24)20-10-13/h4-7,9-12H,8H2,1-3H3,(H,23,24). The Labute approximate surface area is 146 Å². The first-order chi connectivity index (χ1) is 11.9. The van der Waals surface area contributed by atoms with Crippen molar-refractivity contribution in [2.75, 3.05) is 7.11 Å². The number of aromatic carboxylic acids is 1. The number of methoxy groups -OCH3 is 1. The predicted molar refractivity (Wildman–Crippen MR) is 91.9 cm³/mol. The van der Waals surface area contributed by atoms with E-state index < -0.39 is 5.97 Å². The van der Waals surface area contributed by atoms with Crippen molar-refractivity contribution >= 4 is 11.9 Å². The molecule has 0 bridgehead atoms. The van der Waals surface area contributed by atoms with Crippen LogP contribution in [0.15, 0.2) is 36.5 Å². The van der Waals surface area contributed by atoms with Crippen LogP contribution in [0.5, 0.6) is 5.75 Å². The van der Waals surface area contributed by atoms with Crippen molar-refractivity contribution in [3.8, 4) is 5.75 Å². The number of carbonyl (C=O) groups excluding carboxylic acids is 1. The largest absolute Gasteiger partial charge is 0.497 e. The topological polar surface area (TPSA) is 79.7 Å². The molecule has 0 saturated carbocycles. The summed E-state index contributed by atoms with van der Waals surface area (Å²) in [6.45, 7) is 4.01. The fourth-order valence-electron chi connectivity index (χ4n) is 3.41. The van der Waals surface area contributed by atoms with Crippen molar-refractivity contribution in [2.24, 2.45) is 0 Å². The van der Waals surface area contributed by atoms with Crippen LogP contribution < -0.4 is 4.74 Å². The minimum Gasteiger partial charge on any atom is -0.497 e. The lowest BCUT2D eigenvalue weighted by Crippen LogP contribution is -2.45. The summed E-state index contributed by atoms with van der Waals surface area (Å²) in [6, 6.07) is 8.72. The number of benzene rings is 1. The molecular weight excluding hydrogens is 320 g/mol. The zero-order valence-corrected chi connectivity index (χ0v) is 14.4. The van der Waals surface area contributed by atoms with Gasteiger partial charge in [-0.2, -0.15) is 0 Å². The van der Waals surface area contributed by atoms with Crippen molar-refractivity contribution in [1.29, 1.82) is 0 Å². The second-order valence-electron chi connectivity index (χ2n) is 6.24. The summed E-state index contributed by atoms with van der Waals surface area (Å²) < 4.78 is 5.29. The van der Waals surface area contributed by atoms with Crippen molar-refractivity contribution in [1.82, 2.24) is 9.88 Å². The maximum atomic E-state index is 12.9. The molecule has 1 amide bonds. The molecule has 6 nitrogen and oxygen atoms in total. The van der Waals surface area contributed by atoms with Gasteiger partial charge in [0.05, 0.1) is 18.7 Å². The van der Waals surface area contributed by atoms with Gasteiger partial charge >= 0.3 is 5.97 Å². The fraction of sp³-hybridized carbons (Fsp3) is 0.316. The Bertz CT molecular complexity index is 817. The molecule has 1 aromatic heterocycles. The SMILES string of the molecule is COc1ccc2c(c1)CC(C)N(C(=O)c1ccc(C(=O)O)nc1)C2C. The predicted octanol–water partition coefficient (Wildman–Crippen LogP) is 2.94. The molecule has 1 aliphatic rings. The first-order valence-corrected chi connectivity index (χ1v) is 8.11. The summed E-state index contributed by atoms with van der Waals surface area (Å²) in [7, 11) is 1.64. The normalized spacial score (nSPS) is 19.2. The lowest BCUT2D eigenvalue weighted by molar-refractivity contribution is 0.0578. The van der Waals surface area contributed by atoms with Gasteiger partial charge in [0.15, 0.2) is 0 Å². The molecule has 25 heavy (non-hydrogen) atoms. The highest BCUT2D eigenvalue weighted by Crippen LogP contribution is 2.35. The van der Waals surface area contributed by atoms with Crippen LogP contribution in [0.4, 0.5) is 0 Å². The van der Waals surface area contributed by atoms with Crippen LogP contribution in [-0.2, 0) is 6.42 Å².